The van der Waals surface area contributed by atoms with Crippen LogP contribution in [0.2, 0.25) is 11.1 Å². The van der Waals surface area contributed by atoms with Crippen molar-refractivity contribution in [3.8, 4) is 0 Å². The molecule has 0 bridgehead atoms. The predicted octanol–water partition coefficient (Wildman–Crippen LogP) is 7.44. The van der Waals surface area contributed by atoms with Crippen LogP contribution in [0.15, 0.2) is 0 Å². The quantitative estimate of drug-likeness (QED) is 0.203. The summed E-state index contributed by atoms with van der Waals surface area (Å²) in [4.78, 5) is 0. The van der Waals surface area contributed by atoms with E-state index in [1.807, 2.05) is 0 Å². The number of rotatable bonds is 6. The smallest absolute Gasteiger partial charge is 0.127 e. The van der Waals surface area contributed by atoms with E-state index in [1.54, 1.807) is 0 Å². The van der Waals surface area contributed by atoms with Crippen LogP contribution in [0.5, 0.6) is 0 Å². The standard InChI is InChI=1S/C8H18Br6Si3/c1-5-7(3)15(9,8(4)6-2)17(13,14)16(10,11)12/h7-8H,5-6H2,1-4H3. The molecule has 0 aliphatic carbocycles. The van der Waals surface area contributed by atoms with Gasteiger partial charge in [0.1, 0.15) is 0 Å². The van der Waals surface area contributed by atoms with Crippen molar-refractivity contribution in [2.45, 2.75) is 51.6 Å². The number of halogens is 6. The molecule has 0 aromatic carbocycles. The topological polar surface area (TPSA) is 0 Å². The molecular weight excluding hydrogens is 660 g/mol. The van der Waals surface area contributed by atoms with Gasteiger partial charge in [-0.25, -0.2) is 0 Å². The van der Waals surface area contributed by atoms with E-state index in [1.165, 1.54) is 12.8 Å². The van der Waals surface area contributed by atoms with Gasteiger partial charge in [-0.15, -0.1) is 45.9 Å². The summed E-state index contributed by atoms with van der Waals surface area (Å²) >= 11 is 24.1. The van der Waals surface area contributed by atoms with Crippen LogP contribution < -0.4 is 0 Å². The third-order valence-electron chi connectivity index (χ3n) is 3.50. The molecule has 0 fully saturated rings. The van der Waals surface area contributed by atoms with E-state index in [-0.39, 0.29) is 0 Å². The second-order valence-corrected chi connectivity index (χ2v) is 73.0. The summed E-state index contributed by atoms with van der Waals surface area (Å²) in [6, 6.07) is 0. The van der Waals surface area contributed by atoms with Crippen molar-refractivity contribution >= 4 is 106 Å². The van der Waals surface area contributed by atoms with Crippen LogP contribution in [0.4, 0.5) is 0 Å². The zero-order chi connectivity index (χ0) is 14.1. The average Bonchev–Trinajstić information content (AvgIpc) is 2.23. The van der Waals surface area contributed by atoms with E-state index >= 15 is 0 Å². The monoisotopic (exact) mass is 672 g/mol. The van der Waals surface area contributed by atoms with Crippen LogP contribution in [-0.4, -0.2) is 14.0 Å². The fraction of sp³-hybridized carbons (Fsp3) is 1.00. The maximum absolute atomic E-state index is 4.25. The lowest BCUT2D eigenvalue weighted by Crippen LogP contribution is -2.64. The SMILES string of the molecule is CCC(C)[Si](Br)(C(C)CC)[Si](Br)(Br)[Si](Br)(Br)Br. The van der Waals surface area contributed by atoms with Crippen molar-refractivity contribution in [3.63, 3.8) is 0 Å². The molecule has 2 atom stereocenters. The third-order valence-corrected chi connectivity index (χ3v) is 124. The van der Waals surface area contributed by atoms with Crippen LogP contribution in [0.25, 0.3) is 0 Å². The minimum atomic E-state index is -1.76. The molecule has 17 heavy (non-hydrogen) atoms. The molecule has 104 valence electrons. The van der Waals surface area contributed by atoms with Gasteiger partial charge in [0.2, 0.25) is 4.35 Å². The van der Waals surface area contributed by atoms with Crippen LogP contribution in [0.3, 0.4) is 0 Å². The van der Waals surface area contributed by atoms with Gasteiger partial charge in [-0.1, -0.05) is 86.4 Å². The minimum Gasteiger partial charge on any atom is -0.127 e. The molecule has 9 heteroatoms. The molecule has 0 heterocycles. The summed E-state index contributed by atoms with van der Waals surface area (Å²) in [5.41, 5.74) is 1.48. The fourth-order valence-electron chi connectivity index (χ4n) is 1.92. The molecule has 0 saturated carbocycles. The van der Waals surface area contributed by atoms with Crippen molar-refractivity contribution in [1.29, 1.82) is 0 Å². The summed E-state index contributed by atoms with van der Waals surface area (Å²) in [6.07, 6.45) is 0.841. The molecule has 0 rings (SSSR count). The Morgan fingerprint density at radius 2 is 1.06 bits per heavy atom. The van der Waals surface area contributed by atoms with Gasteiger partial charge < -0.3 is 0 Å². The maximum Gasteiger partial charge on any atom is 0.277 e. The zero-order valence-corrected chi connectivity index (χ0v) is 22.9. The van der Waals surface area contributed by atoms with Crippen molar-refractivity contribution in [2.75, 3.05) is 0 Å². The Labute approximate surface area is 155 Å². The van der Waals surface area contributed by atoms with Crippen molar-refractivity contribution < 1.29 is 0 Å². The number of hydrogen-bond acceptors (Lipinski definition) is 0. The minimum absolute atomic E-state index is 0.738. The van der Waals surface area contributed by atoms with Gasteiger partial charge in [-0.3, -0.25) is 0 Å². The van der Waals surface area contributed by atoms with Gasteiger partial charge in [0, 0.05) is 0 Å². The Morgan fingerprint density at radius 3 is 1.24 bits per heavy atom. The molecular formula is C8H18Br6Si3. The van der Waals surface area contributed by atoms with Crippen molar-refractivity contribution in [1.82, 2.24) is 0 Å². The Morgan fingerprint density at radius 1 is 0.765 bits per heavy atom. The summed E-state index contributed by atoms with van der Waals surface area (Å²) in [5.74, 6) is 0. The van der Waals surface area contributed by atoms with E-state index in [2.05, 4.69) is 119 Å². The summed E-state index contributed by atoms with van der Waals surface area (Å²) in [6.45, 7) is 9.37. The average molecular weight is 678 g/mol. The fourth-order valence-corrected chi connectivity index (χ4v) is 92.5. The van der Waals surface area contributed by atoms with E-state index in [4.69, 9.17) is 0 Å². The molecule has 0 aliphatic rings. The normalized spacial score (nSPS) is 20.8. The predicted molar refractivity (Wildman–Crippen MR) is 110 cm³/mol. The second-order valence-electron chi connectivity index (χ2n) is 4.46. The van der Waals surface area contributed by atoms with Crippen molar-refractivity contribution in [2.24, 2.45) is 0 Å². The first kappa shape index (κ1) is 20.5. The van der Waals surface area contributed by atoms with E-state index < -0.39 is 14.0 Å². The Kier molecular flexibility index (Phi) is 9.29. The molecule has 0 spiro atoms. The molecule has 0 aromatic rings. The van der Waals surface area contributed by atoms with Crippen LogP contribution in [-0.2, 0) is 0 Å². The third kappa shape index (κ3) is 4.26. The lowest BCUT2D eigenvalue weighted by atomic mass is 10.4. The molecule has 0 aliphatic heterocycles. The van der Waals surface area contributed by atoms with Crippen LogP contribution in [0, 0.1) is 0 Å². The van der Waals surface area contributed by atoms with Gasteiger partial charge in [-0.2, -0.15) is 0 Å². The van der Waals surface area contributed by atoms with Gasteiger partial charge in [0.15, 0.2) is 6.21 Å². The largest absolute Gasteiger partial charge is 0.277 e. The van der Waals surface area contributed by atoms with Gasteiger partial charge in [-0.05, 0) is 11.1 Å². The summed E-state index contributed by atoms with van der Waals surface area (Å²) in [5, 5.41) is 0. The first-order valence-corrected chi connectivity index (χ1v) is 27.3. The summed E-state index contributed by atoms with van der Waals surface area (Å²) in [7, 11) is 0. The van der Waals surface area contributed by atoms with Crippen molar-refractivity contribution in [3.05, 3.63) is 0 Å². The van der Waals surface area contributed by atoms with Crippen LogP contribution in [0.1, 0.15) is 40.5 Å². The highest BCUT2D eigenvalue weighted by Gasteiger charge is 2.66. The first-order chi connectivity index (χ1) is 7.46. The maximum atomic E-state index is 4.25. The highest BCUT2D eigenvalue weighted by Crippen LogP contribution is 2.59. The second kappa shape index (κ2) is 7.69. The Hall–Kier alpha value is 3.53. The highest BCUT2D eigenvalue weighted by atomic mass is 80.0. The molecule has 2 unspecified atom stereocenters. The Balaban J connectivity index is 5.63. The highest BCUT2D eigenvalue weighted by molar-refractivity contribution is 9.82. The van der Waals surface area contributed by atoms with E-state index in [0.717, 1.165) is 11.1 Å². The molecule has 0 saturated heterocycles. The molecule has 0 N–H and O–H groups in total. The van der Waals surface area contributed by atoms with E-state index in [0.29, 0.717) is 0 Å². The first-order valence-electron chi connectivity index (χ1n) is 5.60. The lowest BCUT2D eigenvalue weighted by Gasteiger charge is -2.46. The van der Waals surface area contributed by atoms with Crippen LogP contribution >= 0.6 is 91.8 Å². The molecule has 0 radical (unpaired) electrons. The number of hydrogen-bond donors (Lipinski definition) is 0. The van der Waals surface area contributed by atoms with Gasteiger partial charge in [0.25, 0.3) is 3.45 Å². The molecule has 0 amide bonds. The van der Waals surface area contributed by atoms with Gasteiger partial charge in [0.05, 0.1) is 0 Å². The Bertz CT molecular complexity index is 244. The molecule has 0 aromatic heterocycles. The zero-order valence-electron chi connectivity index (χ0n) is 10.3. The van der Waals surface area contributed by atoms with E-state index in [9.17, 15) is 0 Å². The molecule has 0 nitrogen and oxygen atoms in total. The summed E-state index contributed by atoms with van der Waals surface area (Å²) < 4.78 is -3.51. The lowest BCUT2D eigenvalue weighted by molar-refractivity contribution is 0.791. The van der Waals surface area contributed by atoms with Gasteiger partial charge >= 0.3 is 0 Å².